The Kier molecular flexibility index (Phi) is 3.32. The molecule has 0 bridgehead atoms. The van der Waals surface area contributed by atoms with E-state index in [0.29, 0.717) is 11.8 Å². The zero-order chi connectivity index (χ0) is 12.4. The molecular formula is C15H19NO. The van der Waals surface area contributed by atoms with Gasteiger partial charge in [0.05, 0.1) is 0 Å². The van der Waals surface area contributed by atoms with Crippen molar-refractivity contribution < 1.29 is 4.42 Å². The molecule has 2 nitrogen and oxygen atoms in total. The van der Waals surface area contributed by atoms with Crippen LogP contribution in [0.3, 0.4) is 0 Å². The van der Waals surface area contributed by atoms with Crippen LogP contribution in [0.1, 0.15) is 51.0 Å². The summed E-state index contributed by atoms with van der Waals surface area (Å²) in [5.41, 5.74) is 3.44. The van der Waals surface area contributed by atoms with Crippen molar-refractivity contribution in [3.8, 4) is 11.3 Å². The highest BCUT2D eigenvalue weighted by molar-refractivity contribution is 5.63. The predicted molar refractivity (Wildman–Crippen MR) is 70.1 cm³/mol. The first-order valence-electron chi connectivity index (χ1n) is 6.14. The van der Waals surface area contributed by atoms with Crippen molar-refractivity contribution in [3.05, 3.63) is 42.0 Å². The average Bonchev–Trinajstić information content (AvgIpc) is 2.78. The zero-order valence-electron chi connectivity index (χ0n) is 10.9. The lowest BCUT2D eigenvalue weighted by Gasteiger charge is -2.09. The minimum Gasteiger partial charge on any atom is -0.448 e. The molecule has 0 N–H and O–H groups in total. The molecule has 0 aliphatic rings. The lowest BCUT2D eigenvalue weighted by Crippen LogP contribution is -1.93. The quantitative estimate of drug-likeness (QED) is 0.769. The van der Waals surface area contributed by atoms with E-state index in [1.165, 1.54) is 11.1 Å². The summed E-state index contributed by atoms with van der Waals surface area (Å²) in [5.74, 6) is 1.62. The Bertz CT molecular complexity index is 497. The van der Waals surface area contributed by atoms with Crippen LogP contribution in [0, 0.1) is 0 Å². The van der Waals surface area contributed by atoms with Gasteiger partial charge in [0, 0.05) is 11.5 Å². The number of benzene rings is 1. The molecule has 0 radical (unpaired) electrons. The molecule has 0 unspecified atom stereocenters. The first-order chi connectivity index (χ1) is 8.09. The second-order valence-electron chi connectivity index (χ2n) is 4.97. The second-order valence-corrected chi connectivity index (χ2v) is 4.97. The van der Waals surface area contributed by atoms with E-state index >= 15 is 0 Å². The van der Waals surface area contributed by atoms with Gasteiger partial charge in [0.25, 0.3) is 0 Å². The number of hydrogen-bond donors (Lipinski definition) is 0. The monoisotopic (exact) mass is 229 g/mol. The molecule has 90 valence electrons. The minimum atomic E-state index is 0.329. The molecule has 2 aromatic rings. The number of hydrogen-bond acceptors (Lipinski definition) is 2. The lowest BCUT2D eigenvalue weighted by molar-refractivity contribution is 0.471. The molecule has 17 heavy (non-hydrogen) atoms. The summed E-state index contributed by atoms with van der Waals surface area (Å²) >= 11 is 0. The SMILES string of the molecule is CC(C)c1nc(-c2ccccc2C(C)C)co1. The normalized spacial score (nSPS) is 11.4. The smallest absolute Gasteiger partial charge is 0.197 e. The van der Waals surface area contributed by atoms with Crippen LogP contribution in [0.25, 0.3) is 11.3 Å². The van der Waals surface area contributed by atoms with Crippen molar-refractivity contribution in [2.45, 2.75) is 39.5 Å². The summed E-state index contributed by atoms with van der Waals surface area (Å²) < 4.78 is 5.50. The number of aromatic nitrogens is 1. The van der Waals surface area contributed by atoms with Crippen molar-refractivity contribution in [3.63, 3.8) is 0 Å². The second kappa shape index (κ2) is 4.74. The van der Waals surface area contributed by atoms with Crippen LogP contribution < -0.4 is 0 Å². The number of oxazole rings is 1. The van der Waals surface area contributed by atoms with Crippen LogP contribution in [0.2, 0.25) is 0 Å². The van der Waals surface area contributed by atoms with E-state index in [2.05, 4.69) is 50.9 Å². The maximum atomic E-state index is 5.50. The molecule has 0 amide bonds. The fraction of sp³-hybridized carbons (Fsp3) is 0.400. The average molecular weight is 229 g/mol. The van der Waals surface area contributed by atoms with Crippen LogP contribution in [0.4, 0.5) is 0 Å². The Labute approximate surface area is 103 Å². The van der Waals surface area contributed by atoms with Gasteiger partial charge in [-0.1, -0.05) is 52.0 Å². The Morgan fingerprint density at radius 2 is 1.71 bits per heavy atom. The molecule has 0 aliphatic heterocycles. The van der Waals surface area contributed by atoms with Crippen LogP contribution in [-0.4, -0.2) is 4.98 Å². The highest BCUT2D eigenvalue weighted by Crippen LogP contribution is 2.29. The Morgan fingerprint density at radius 1 is 1.00 bits per heavy atom. The molecule has 0 fully saturated rings. The van der Waals surface area contributed by atoms with E-state index < -0.39 is 0 Å². The van der Waals surface area contributed by atoms with Crippen molar-refractivity contribution >= 4 is 0 Å². The summed E-state index contributed by atoms with van der Waals surface area (Å²) in [7, 11) is 0. The van der Waals surface area contributed by atoms with Crippen LogP contribution >= 0.6 is 0 Å². The van der Waals surface area contributed by atoms with Crippen molar-refractivity contribution in [2.75, 3.05) is 0 Å². The third-order valence-electron chi connectivity index (χ3n) is 2.87. The largest absolute Gasteiger partial charge is 0.448 e. The van der Waals surface area contributed by atoms with Gasteiger partial charge in [-0.25, -0.2) is 4.98 Å². The van der Waals surface area contributed by atoms with Gasteiger partial charge in [0.15, 0.2) is 5.89 Å². The lowest BCUT2D eigenvalue weighted by atomic mass is 9.96. The zero-order valence-corrected chi connectivity index (χ0v) is 10.9. The van der Waals surface area contributed by atoms with E-state index in [1.807, 2.05) is 6.07 Å². The number of rotatable bonds is 3. The van der Waals surface area contributed by atoms with E-state index in [-0.39, 0.29) is 0 Å². The van der Waals surface area contributed by atoms with Gasteiger partial charge < -0.3 is 4.42 Å². The van der Waals surface area contributed by atoms with E-state index in [9.17, 15) is 0 Å². The summed E-state index contributed by atoms with van der Waals surface area (Å²) in [6.07, 6.45) is 1.76. The maximum Gasteiger partial charge on any atom is 0.197 e. The summed E-state index contributed by atoms with van der Waals surface area (Å²) in [4.78, 5) is 4.56. The fourth-order valence-electron chi connectivity index (χ4n) is 1.91. The van der Waals surface area contributed by atoms with Crippen molar-refractivity contribution in [1.29, 1.82) is 0 Å². The molecule has 2 heteroatoms. The van der Waals surface area contributed by atoms with Gasteiger partial charge >= 0.3 is 0 Å². The first-order valence-corrected chi connectivity index (χ1v) is 6.14. The molecule has 1 heterocycles. The summed E-state index contributed by atoms with van der Waals surface area (Å²) in [6, 6.07) is 8.38. The van der Waals surface area contributed by atoms with E-state index in [4.69, 9.17) is 4.42 Å². The van der Waals surface area contributed by atoms with Gasteiger partial charge in [-0.2, -0.15) is 0 Å². The van der Waals surface area contributed by atoms with Crippen LogP contribution in [0.5, 0.6) is 0 Å². The van der Waals surface area contributed by atoms with Gasteiger partial charge in [-0.05, 0) is 11.5 Å². The molecule has 1 aromatic carbocycles. The van der Waals surface area contributed by atoms with E-state index in [0.717, 1.165) is 11.6 Å². The van der Waals surface area contributed by atoms with Crippen LogP contribution in [-0.2, 0) is 0 Å². The molecule has 0 aliphatic carbocycles. The van der Waals surface area contributed by atoms with Gasteiger partial charge in [-0.15, -0.1) is 0 Å². The van der Waals surface area contributed by atoms with Gasteiger partial charge in [-0.3, -0.25) is 0 Å². The molecule has 1 aromatic heterocycles. The van der Waals surface area contributed by atoms with Crippen molar-refractivity contribution in [2.24, 2.45) is 0 Å². The topological polar surface area (TPSA) is 26.0 Å². The van der Waals surface area contributed by atoms with Crippen molar-refractivity contribution in [1.82, 2.24) is 4.98 Å². The Balaban J connectivity index is 2.45. The molecule has 0 saturated carbocycles. The molecular weight excluding hydrogens is 210 g/mol. The Morgan fingerprint density at radius 3 is 2.29 bits per heavy atom. The van der Waals surface area contributed by atoms with Crippen LogP contribution in [0.15, 0.2) is 34.9 Å². The predicted octanol–water partition coefficient (Wildman–Crippen LogP) is 4.59. The minimum absolute atomic E-state index is 0.329. The third kappa shape index (κ3) is 2.41. The Hall–Kier alpha value is -1.57. The summed E-state index contributed by atoms with van der Waals surface area (Å²) in [5, 5.41) is 0. The standard InChI is InChI=1S/C15H19NO/c1-10(2)12-7-5-6-8-13(12)14-9-17-15(16-14)11(3)4/h5-11H,1-4H3. The fourth-order valence-corrected chi connectivity index (χ4v) is 1.91. The highest BCUT2D eigenvalue weighted by Gasteiger charge is 2.13. The molecule has 0 atom stereocenters. The van der Waals surface area contributed by atoms with E-state index in [1.54, 1.807) is 6.26 Å². The molecule has 0 saturated heterocycles. The highest BCUT2D eigenvalue weighted by atomic mass is 16.3. The first kappa shape index (κ1) is 11.9. The number of nitrogens with zero attached hydrogens (tertiary/aromatic N) is 1. The summed E-state index contributed by atoms with van der Waals surface area (Å²) in [6.45, 7) is 8.57. The molecule has 2 rings (SSSR count). The third-order valence-corrected chi connectivity index (χ3v) is 2.87. The molecule has 0 spiro atoms. The van der Waals surface area contributed by atoms with Gasteiger partial charge in [0.2, 0.25) is 0 Å². The maximum absolute atomic E-state index is 5.50. The van der Waals surface area contributed by atoms with Gasteiger partial charge in [0.1, 0.15) is 12.0 Å².